The minimum absolute atomic E-state index is 0.0132. The maximum atomic E-state index is 13.2. The van der Waals surface area contributed by atoms with Crippen molar-refractivity contribution in [1.29, 1.82) is 0 Å². The lowest BCUT2D eigenvalue weighted by atomic mass is 10.1. The van der Waals surface area contributed by atoms with Gasteiger partial charge in [0.1, 0.15) is 5.82 Å². The van der Waals surface area contributed by atoms with Gasteiger partial charge in [0.15, 0.2) is 0 Å². The Morgan fingerprint density at radius 1 is 1.38 bits per heavy atom. The van der Waals surface area contributed by atoms with Crippen LogP contribution in [0.3, 0.4) is 0 Å². The highest BCUT2D eigenvalue weighted by Crippen LogP contribution is 2.26. The van der Waals surface area contributed by atoms with Gasteiger partial charge in [0.25, 0.3) is 0 Å². The minimum atomic E-state index is -0.357. The molecule has 0 heterocycles. The fourth-order valence-corrected chi connectivity index (χ4v) is 2.25. The Hall–Kier alpha value is -0.900. The van der Waals surface area contributed by atoms with Gasteiger partial charge < -0.3 is 5.32 Å². The first-order valence-electron chi connectivity index (χ1n) is 5.43. The van der Waals surface area contributed by atoms with E-state index in [1.807, 2.05) is 0 Å². The summed E-state index contributed by atoms with van der Waals surface area (Å²) in [7, 11) is 0. The van der Waals surface area contributed by atoms with E-state index in [0.717, 1.165) is 25.7 Å². The molecule has 1 aromatic rings. The number of nitrogens with one attached hydrogen (secondary N) is 1. The third-order valence-corrected chi connectivity index (χ3v) is 3.56. The van der Waals surface area contributed by atoms with E-state index < -0.39 is 0 Å². The Labute approximate surface area is 102 Å². The molecule has 0 saturated heterocycles. The van der Waals surface area contributed by atoms with Gasteiger partial charge >= 0.3 is 0 Å². The fourth-order valence-electron chi connectivity index (χ4n) is 2.01. The molecular weight excluding hydrogens is 273 g/mol. The van der Waals surface area contributed by atoms with E-state index in [9.17, 15) is 9.18 Å². The number of anilines is 1. The first-order valence-corrected chi connectivity index (χ1v) is 6.22. The van der Waals surface area contributed by atoms with Gasteiger partial charge in [0.05, 0.1) is 4.47 Å². The van der Waals surface area contributed by atoms with Crippen molar-refractivity contribution in [2.75, 3.05) is 5.32 Å². The van der Waals surface area contributed by atoms with Gasteiger partial charge in [-0.2, -0.15) is 0 Å². The second kappa shape index (κ2) is 4.95. The van der Waals surface area contributed by atoms with E-state index in [2.05, 4.69) is 21.2 Å². The predicted octanol–water partition coefficient (Wildman–Crippen LogP) is 3.72. The van der Waals surface area contributed by atoms with Crippen molar-refractivity contribution < 1.29 is 9.18 Å². The lowest BCUT2D eigenvalue weighted by Gasteiger charge is -2.10. The average Bonchev–Trinajstić information content (AvgIpc) is 2.77. The number of carbonyl (C=O) groups is 1. The van der Waals surface area contributed by atoms with Crippen LogP contribution in [0.15, 0.2) is 22.7 Å². The van der Waals surface area contributed by atoms with E-state index in [4.69, 9.17) is 0 Å². The average molecular weight is 286 g/mol. The number of benzene rings is 1. The summed E-state index contributed by atoms with van der Waals surface area (Å²) in [4.78, 5) is 11.8. The van der Waals surface area contributed by atoms with Gasteiger partial charge in [0.2, 0.25) is 5.91 Å². The Morgan fingerprint density at radius 2 is 2.06 bits per heavy atom. The molecule has 1 N–H and O–H groups in total. The van der Waals surface area contributed by atoms with Crippen LogP contribution in [-0.4, -0.2) is 5.91 Å². The molecule has 0 aromatic heterocycles. The Bertz CT molecular complexity index is 402. The van der Waals surface area contributed by atoms with Crippen LogP contribution in [0, 0.1) is 11.7 Å². The van der Waals surface area contributed by atoms with E-state index in [1.165, 1.54) is 6.07 Å². The van der Waals surface area contributed by atoms with Crippen LogP contribution in [0.5, 0.6) is 0 Å². The van der Waals surface area contributed by atoms with Crippen molar-refractivity contribution in [3.63, 3.8) is 0 Å². The zero-order valence-corrected chi connectivity index (χ0v) is 10.4. The molecule has 4 heteroatoms. The van der Waals surface area contributed by atoms with Crippen molar-refractivity contribution in [2.24, 2.45) is 5.92 Å². The summed E-state index contributed by atoms with van der Waals surface area (Å²) in [6.45, 7) is 0. The number of halogens is 2. The maximum Gasteiger partial charge on any atom is 0.227 e. The highest BCUT2D eigenvalue weighted by atomic mass is 79.9. The summed E-state index contributed by atoms with van der Waals surface area (Å²) < 4.78 is 13.6. The van der Waals surface area contributed by atoms with Crippen LogP contribution in [0.1, 0.15) is 25.7 Å². The van der Waals surface area contributed by atoms with Crippen molar-refractivity contribution in [1.82, 2.24) is 0 Å². The maximum absolute atomic E-state index is 13.2. The number of rotatable bonds is 2. The summed E-state index contributed by atoms with van der Waals surface area (Å²) >= 11 is 3.07. The number of hydrogen-bond acceptors (Lipinski definition) is 1. The highest BCUT2D eigenvalue weighted by molar-refractivity contribution is 9.10. The predicted molar refractivity (Wildman–Crippen MR) is 64.7 cm³/mol. The normalized spacial score (nSPS) is 16.4. The SMILES string of the molecule is O=C(Nc1ccc(Br)c(F)c1)C1CCCC1. The largest absolute Gasteiger partial charge is 0.326 e. The minimum Gasteiger partial charge on any atom is -0.326 e. The van der Waals surface area contributed by atoms with E-state index in [0.29, 0.717) is 10.2 Å². The zero-order valence-electron chi connectivity index (χ0n) is 8.80. The van der Waals surface area contributed by atoms with Crippen LogP contribution in [0.4, 0.5) is 10.1 Å². The summed E-state index contributed by atoms with van der Waals surface area (Å²) in [6.07, 6.45) is 4.13. The van der Waals surface area contributed by atoms with Gasteiger partial charge in [0, 0.05) is 11.6 Å². The van der Waals surface area contributed by atoms with Crippen LogP contribution in [-0.2, 0) is 4.79 Å². The Morgan fingerprint density at radius 3 is 2.69 bits per heavy atom. The van der Waals surface area contributed by atoms with Crippen molar-refractivity contribution >= 4 is 27.5 Å². The van der Waals surface area contributed by atoms with E-state index in [1.54, 1.807) is 12.1 Å². The summed E-state index contributed by atoms with van der Waals surface area (Å²) in [5.74, 6) is -0.241. The number of carbonyl (C=O) groups excluding carboxylic acids is 1. The second-order valence-electron chi connectivity index (χ2n) is 4.10. The molecule has 1 saturated carbocycles. The molecule has 1 aliphatic rings. The quantitative estimate of drug-likeness (QED) is 0.882. The van der Waals surface area contributed by atoms with Crippen LogP contribution < -0.4 is 5.32 Å². The number of amides is 1. The van der Waals surface area contributed by atoms with E-state index in [-0.39, 0.29) is 17.6 Å². The summed E-state index contributed by atoms with van der Waals surface area (Å²) in [5, 5.41) is 2.75. The van der Waals surface area contributed by atoms with Crippen molar-refractivity contribution in [3.8, 4) is 0 Å². The molecule has 0 radical (unpaired) electrons. The van der Waals surface area contributed by atoms with Gasteiger partial charge in [-0.05, 0) is 47.0 Å². The summed E-state index contributed by atoms with van der Waals surface area (Å²) in [6, 6.07) is 4.62. The smallest absolute Gasteiger partial charge is 0.227 e. The van der Waals surface area contributed by atoms with Gasteiger partial charge in [-0.1, -0.05) is 12.8 Å². The van der Waals surface area contributed by atoms with Crippen molar-refractivity contribution in [3.05, 3.63) is 28.5 Å². The van der Waals surface area contributed by atoms with Gasteiger partial charge in [-0.3, -0.25) is 4.79 Å². The first-order chi connectivity index (χ1) is 7.66. The zero-order chi connectivity index (χ0) is 11.5. The lowest BCUT2D eigenvalue weighted by Crippen LogP contribution is -2.20. The molecule has 0 aliphatic heterocycles. The molecule has 1 fully saturated rings. The fraction of sp³-hybridized carbons (Fsp3) is 0.417. The van der Waals surface area contributed by atoms with Crippen LogP contribution in [0.2, 0.25) is 0 Å². The molecular formula is C12H13BrFNO. The number of hydrogen-bond donors (Lipinski definition) is 1. The molecule has 0 spiro atoms. The molecule has 2 nitrogen and oxygen atoms in total. The van der Waals surface area contributed by atoms with Gasteiger partial charge in [-0.15, -0.1) is 0 Å². The lowest BCUT2D eigenvalue weighted by molar-refractivity contribution is -0.119. The van der Waals surface area contributed by atoms with Crippen molar-refractivity contribution in [2.45, 2.75) is 25.7 Å². The Balaban J connectivity index is 2.02. The molecule has 1 aliphatic carbocycles. The van der Waals surface area contributed by atoms with Crippen LogP contribution in [0.25, 0.3) is 0 Å². The molecule has 86 valence electrons. The third kappa shape index (κ3) is 2.61. The molecule has 1 amide bonds. The second-order valence-corrected chi connectivity index (χ2v) is 4.95. The first kappa shape index (κ1) is 11.6. The molecule has 0 unspecified atom stereocenters. The topological polar surface area (TPSA) is 29.1 Å². The Kier molecular flexibility index (Phi) is 3.59. The third-order valence-electron chi connectivity index (χ3n) is 2.91. The molecule has 2 rings (SSSR count). The highest BCUT2D eigenvalue weighted by Gasteiger charge is 2.22. The standard InChI is InChI=1S/C12H13BrFNO/c13-10-6-5-9(7-11(10)14)15-12(16)8-3-1-2-4-8/h5-8H,1-4H2,(H,15,16). The van der Waals surface area contributed by atoms with Crippen LogP contribution >= 0.6 is 15.9 Å². The monoisotopic (exact) mass is 285 g/mol. The molecule has 0 atom stereocenters. The van der Waals surface area contributed by atoms with E-state index >= 15 is 0 Å². The molecule has 1 aromatic carbocycles. The van der Waals surface area contributed by atoms with Gasteiger partial charge in [-0.25, -0.2) is 4.39 Å². The summed E-state index contributed by atoms with van der Waals surface area (Å²) in [5.41, 5.74) is 0.526. The molecule has 0 bridgehead atoms. The molecule has 16 heavy (non-hydrogen) atoms.